The molecule has 2 heterocycles. The molecule has 6 heteroatoms. The van der Waals surface area contributed by atoms with E-state index in [9.17, 15) is 14.4 Å². The highest BCUT2D eigenvalue weighted by Crippen LogP contribution is 2.25. The second kappa shape index (κ2) is 7.30. The van der Waals surface area contributed by atoms with E-state index >= 15 is 0 Å². The molecule has 0 radical (unpaired) electrons. The third kappa shape index (κ3) is 3.30. The van der Waals surface area contributed by atoms with Gasteiger partial charge >= 0.3 is 5.97 Å². The van der Waals surface area contributed by atoms with Gasteiger partial charge in [-0.05, 0) is 74.7 Å². The van der Waals surface area contributed by atoms with Crippen LogP contribution in [0, 0.1) is 27.7 Å². The van der Waals surface area contributed by atoms with E-state index in [1.807, 2.05) is 33.8 Å². The van der Waals surface area contributed by atoms with Crippen LogP contribution in [0.15, 0.2) is 48.5 Å². The normalized spacial score (nSPS) is 13.0. The lowest BCUT2D eigenvalue weighted by Crippen LogP contribution is -2.33. The summed E-state index contributed by atoms with van der Waals surface area (Å²) in [6.07, 6.45) is -0.0438. The smallest absolute Gasteiger partial charge is 0.329 e. The van der Waals surface area contributed by atoms with Crippen molar-refractivity contribution < 1.29 is 19.2 Å². The van der Waals surface area contributed by atoms with Crippen molar-refractivity contribution in [3.8, 4) is 5.69 Å². The summed E-state index contributed by atoms with van der Waals surface area (Å²) in [5, 5.41) is 0.552. The van der Waals surface area contributed by atoms with Gasteiger partial charge in [-0.15, -0.1) is 0 Å². The van der Waals surface area contributed by atoms with Crippen molar-refractivity contribution in [1.29, 1.82) is 0 Å². The number of carbonyl (C=O) groups excluding carboxylic acids is 3. The first-order chi connectivity index (χ1) is 14.3. The average Bonchev–Trinajstić information content (AvgIpc) is 3.09. The summed E-state index contributed by atoms with van der Waals surface area (Å²) in [4.78, 5) is 42.5. The van der Waals surface area contributed by atoms with Crippen LogP contribution in [-0.4, -0.2) is 27.4 Å². The molecule has 3 aromatic rings. The van der Waals surface area contributed by atoms with Crippen LogP contribution in [0.5, 0.6) is 0 Å². The Morgan fingerprint density at radius 2 is 1.43 bits per heavy atom. The second-order valence-corrected chi connectivity index (χ2v) is 7.67. The number of rotatable bonds is 4. The SMILES string of the molecule is Cc1cc(C)cc(-n2c(C)cc(CC(=O)ON3C(=O)c4ccccc4C3=O)c2C)c1. The van der Waals surface area contributed by atoms with E-state index in [0.717, 1.165) is 33.8 Å². The summed E-state index contributed by atoms with van der Waals surface area (Å²) < 4.78 is 2.09. The fourth-order valence-corrected chi connectivity index (χ4v) is 4.02. The third-order valence-corrected chi connectivity index (χ3v) is 5.29. The van der Waals surface area contributed by atoms with Gasteiger partial charge in [-0.3, -0.25) is 9.59 Å². The lowest BCUT2D eigenvalue weighted by molar-refractivity contribution is -0.167. The van der Waals surface area contributed by atoms with Crippen LogP contribution in [0.2, 0.25) is 0 Å². The van der Waals surface area contributed by atoms with Gasteiger partial charge in [-0.2, -0.15) is 0 Å². The van der Waals surface area contributed by atoms with E-state index in [2.05, 4.69) is 22.8 Å². The first-order valence-electron chi connectivity index (χ1n) is 9.71. The molecule has 0 bridgehead atoms. The molecule has 0 unspecified atom stereocenters. The number of imide groups is 1. The molecule has 0 aliphatic carbocycles. The van der Waals surface area contributed by atoms with Gasteiger partial charge < -0.3 is 9.40 Å². The Kier molecular flexibility index (Phi) is 4.78. The molecule has 0 saturated carbocycles. The van der Waals surface area contributed by atoms with Crippen molar-refractivity contribution in [3.05, 3.63) is 87.7 Å². The Balaban J connectivity index is 1.55. The van der Waals surface area contributed by atoms with E-state index in [1.54, 1.807) is 24.3 Å². The highest BCUT2D eigenvalue weighted by molar-refractivity contribution is 6.20. The largest absolute Gasteiger partial charge is 0.337 e. The fourth-order valence-electron chi connectivity index (χ4n) is 4.02. The number of hydrogen-bond donors (Lipinski definition) is 0. The van der Waals surface area contributed by atoms with Gasteiger partial charge in [0.15, 0.2) is 0 Å². The standard InChI is InChI=1S/C24H22N2O4/c1-14-9-15(2)11-19(10-14)25-16(3)12-18(17(25)4)13-22(27)30-26-23(28)20-7-5-6-8-21(20)24(26)29/h5-12H,13H2,1-4H3. The molecular weight excluding hydrogens is 380 g/mol. The topological polar surface area (TPSA) is 68.6 Å². The molecule has 30 heavy (non-hydrogen) atoms. The van der Waals surface area contributed by atoms with E-state index in [-0.39, 0.29) is 17.5 Å². The summed E-state index contributed by atoms with van der Waals surface area (Å²) in [5.41, 5.74) is 6.51. The van der Waals surface area contributed by atoms with E-state index in [0.29, 0.717) is 5.06 Å². The minimum absolute atomic E-state index is 0.0438. The number of benzene rings is 2. The molecule has 1 aliphatic heterocycles. The van der Waals surface area contributed by atoms with Gasteiger partial charge in [0.2, 0.25) is 0 Å². The van der Waals surface area contributed by atoms with Crippen molar-refractivity contribution in [2.24, 2.45) is 0 Å². The lowest BCUT2D eigenvalue weighted by atomic mass is 10.1. The molecule has 2 aromatic carbocycles. The Morgan fingerprint density at radius 1 is 0.867 bits per heavy atom. The quantitative estimate of drug-likeness (QED) is 0.619. The number of aromatic nitrogens is 1. The highest BCUT2D eigenvalue weighted by Gasteiger charge is 2.38. The van der Waals surface area contributed by atoms with Crippen molar-refractivity contribution in [3.63, 3.8) is 0 Å². The van der Waals surface area contributed by atoms with E-state index < -0.39 is 17.8 Å². The Morgan fingerprint density at radius 3 is 2.00 bits per heavy atom. The number of fused-ring (bicyclic) bond motifs is 1. The Bertz CT molecular complexity index is 1150. The molecule has 0 saturated heterocycles. The number of carbonyl (C=O) groups is 3. The summed E-state index contributed by atoms with van der Waals surface area (Å²) in [6, 6.07) is 14.6. The Labute approximate surface area is 174 Å². The van der Waals surface area contributed by atoms with Gasteiger partial charge in [-0.25, -0.2) is 4.79 Å². The van der Waals surface area contributed by atoms with Crippen LogP contribution >= 0.6 is 0 Å². The van der Waals surface area contributed by atoms with Crippen molar-refractivity contribution >= 4 is 17.8 Å². The van der Waals surface area contributed by atoms with Crippen LogP contribution in [0.3, 0.4) is 0 Å². The number of nitrogens with zero attached hydrogens (tertiary/aromatic N) is 2. The van der Waals surface area contributed by atoms with Crippen molar-refractivity contribution in [2.45, 2.75) is 34.1 Å². The molecule has 6 nitrogen and oxygen atoms in total. The average molecular weight is 402 g/mol. The predicted molar refractivity (Wildman–Crippen MR) is 111 cm³/mol. The summed E-state index contributed by atoms with van der Waals surface area (Å²) in [5.74, 6) is -1.90. The van der Waals surface area contributed by atoms with E-state index in [4.69, 9.17) is 4.84 Å². The minimum Gasteiger partial charge on any atom is -0.329 e. The van der Waals surface area contributed by atoms with Crippen LogP contribution in [0.25, 0.3) is 5.69 Å². The molecule has 0 fully saturated rings. The summed E-state index contributed by atoms with van der Waals surface area (Å²) in [6.45, 7) is 8.01. The highest BCUT2D eigenvalue weighted by atomic mass is 16.7. The zero-order chi connectivity index (χ0) is 21.6. The molecule has 0 N–H and O–H groups in total. The lowest BCUT2D eigenvalue weighted by Gasteiger charge is -2.13. The molecular formula is C24H22N2O4. The monoisotopic (exact) mass is 402 g/mol. The van der Waals surface area contributed by atoms with Crippen LogP contribution in [0.4, 0.5) is 0 Å². The summed E-state index contributed by atoms with van der Waals surface area (Å²) in [7, 11) is 0. The fraction of sp³-hybridized carbons (Fsp3) is 0.208. The molecule has 1 aromatic heterocycles. The zero-order valence-electron chi connectivity index (χ0n) is 17.4. The third-order valence-electron chi connectivity index (χ3n) is 5.29. The molecule has 0 atom stereocenters. The van der Waals surface area contributed by atoms with Gasteiger partial charge in [0.25, 0.3) is 11.8 Å². The van der Waals surface area contributed by atoms with Crippen LogP contribution in [0.1, 0.15) is 48.8 Å². The zero-order valence-corrected chi connectivity index (χ0v) is 17.4. The van der Waals surface area contributed by atoms with Gasteiger partial charge in [-0.1, -0.05) is 23.3 Å². The van der Waals surface area contributed by atoms with Crippen molar-refractivity contribution in [1.82, 2.24) is 9.63 Å². The molecule has 4 rings (SSSR count). The molecule has 2 amide bonds. The van der Waals surface area contributed by atoms with Gasteiger partial charge in [0.1, 0.15) is 0 Å². The van der Waals surface area contributed by atoms with E-state index in [1.165, 1.54) is 0 Å². The van der Waals surface area contributed by atoms with Gasteiger partial charge in [0, 0.05) is 17.1 Å². The molecule has 152 valence electrons. The number of hydrogen-bond acceptors (Lipinski definition) is 4. The van der Waals surface area contributed by atoms with Crippen LogP contribution in [-0.2, 0) is 16.1 Å². The number of amides is 2. The number of hydroxylamine groups is 2. The number of aryl methyl sites for hydroxylation is 3. The summed E-state index contributed by atoms with van der Waals surface area (Å²) >= 11 is 0. The first-order valence-corrected chi connectivity index (χ1v) is 9.71. The maximum absolute atomic E-state index is 12.6. The van der Waals surface area contributed by atoms with Crippen LogP contribution < -0.4 is 0 Å². The maximum atomic E-state index is 12.6. The second-order valence-electron chi connectivity index (χ2n) is 7.67. The molecule has 0 spiro atoms. The first kappa shape index (κ1) is 19.6. The molecule has 1 aliphatic rings. The predicted octanol–water partition coefficient (Wildman–Crippen LogP) is 4.01. The van der Waals surface area contributed by atoms with Gasteiger partial charge in [0.05, 0.1) is 17.5 Å². The van der Waals surface area contributed by atoms with Crippen molar-refractivity contribution in [2.75, 3.05) is 0 Å². The maximum Gasteiger partial charge on any atom is 0.337 e. The minimum atomic E-state index is -0.662. The Hall–Kier alpha value is -3.67.